The Morgan fingerprint density at radius 1 is 1.29 bits per heavy atom. The Morgan fingerprint density at radius 3 is 2.48 bits per heavy atom. The average Bonchev–Trinajstić information content (AvgIpc) is 2.97. The maximum Gasteiger partial charge on any atom is 0.132 e. The van der Waals surface area contributed by atoms with Crippen molar-refractivity contribution in [2.24, 2.45) is 7.05 Å². The lowest BCUT2D eigenvalue weighted by Crippen LogP contribution is -2.09. The molecule has 0 aromatic carbocycles. The van der Waals surface area contributed by atoms with Crippen molar-refractivity contribution in [3.8, 4) is 0 Å². The lowest BCUT2D eigenvalue weighted by Gasteiger charge is -2.13. The van der Waals surface area contributed by atoms with Crippen LogP contribution in [0.1, 0.15) is 55.8 Å². The molecule has 5 nitrogen and oxygen atoms in total. The average molecular weight is 311 g/mol. The highest BCUT2D eigenvalue weighted by Gasteiger charge is 2.21. The molecule has 0 bridgehead atoms. The number of rotatable bonds is 6. The number of hydrogen-bond acceptors (Lipinski definition) is 3. The van der Waals surface area contributed by atoms with Gasteiger partial charge in [0.05, 0.1) is 23.5 Å². The van der Waals surface area contributed by atoms with E-state index in [1.807, 2.05) is 23.9 Å². The lowest BCUT2D eigenvalue weighted by molar-refractivity contribution is 0.176. The third-order valence-electron chi connectivity index (χ3n) is 3.91. The molecule has 1 atom stereocenters. The normalized spacial score (nSPS) is 13.1. The third kappa shape index (κ3) is 3.30. The van der Waals surface area contributed by atoms with E-state index in [2.05, 4.69) is 24.0 Å². The minimum Gasteiger partial charge on any atom is -0.388 e. The van der Waals surface area contributed by atoms with Crippen molar-refractivity contribution in [3.05, 3.63) is 34.4 Å². The van der Waals surface area contributed by atoms with E-state index in [4.69, 9.17) is 11.6 Å². The van der Waals surface area contributed by atoms with E-state index >= 15 is 0 Å². The summed E-state index contributed by atoms with van der Waals surface area (Å²) in [5, 5.41) is 19.7. The monoisotopic (exact) mass is 310 g/mol. The van der Waals surface area contributed by atoms with Crippen LogP contribution in [0.15, 0.2) is 12.3 Å². The van der Waals surface area contributed by atoms with Crippen molar-refractivity contribution < 1.29 is 5.11 Å². The fraction of sp³-hybridized carbons (Fsp3) is 0.600. The molecule has 1 N–H and O–H groups in total. The van der Waals surface area contributed by atoms with E-state index < -0.39 is 6.10 Å². The van der Waals surface area contributed by atoms with Crippen molar-refractivity contribution in [1.29, 1.82) is 0 Å². The summed E-state index contributed by atoms with van der Waals surface area (Å²) in [7, 11) is 1.77. The molecule has 0 radical (unpaired) electrons. The second kappa shape index (κ2) is 6.62. The molecule has 0 aliphatic rings. The Balaban J connectivity index is 2.14. The van der Waals surface area contributed by atoms with Crippen molar-refractivity contribution in [2.75, 3.05) is 0 Å². The first-order valence-corrected chi connectivity index (χ1v) is 7.76. The highest BCUT2D eigenvalue weighted by molar-refractivity contribution is 6.30. The zero-order valence-electron chi connectivity index (χ0n) is 13.0. The van der Waals surface area contributed by atoms with Crippen LogP contribution in [-0.4, -0.2) is 24.7 Å². The van der Waals surface area contributed by atoms with Crippen LogP contribution >= 0.6 is 11.6 Å². The topological polar surface area (TPSA) is 55.9 Å². The predicted octanol–water partition coefficient (Wildman–Crippen LogP) is 3.22. The van der Waals surface area contributed by atoms with Gasteiger partial charge < -0.3 is 5.11 Å². The molecular weight excluding hydrogens is 288 g/mol. The van der Waals surface area contributed by atoms with E-state index in [-0.39, 0.29) is 0 Å². The number of aryl methyl sites for hydroxylation is 2. The summed E-state index contributed by atoms with van der Waals surface area (Å²) in [6, 6.07) is 2.38. The van der Waals surface area contributed by atoms with Crippen LogP contribution in [0.5, 0.6) is 0 Å². The highest BCUT2D eigenvalue weighted by Crippen LogP contribution is 2.28. The maximum atomic E-state index is 10.4. The van der Waals surface area contributed by atoms with Gasteiger partial charge in [-0.15, -0.1) is 0 Å². The molecule has 1 unspecified atom stereocenters. The van der Waals surface area contributed by atoms with Crippen LogP contribution in [0.4, 0.5) is 0 Å². The van der Waals surface area contributed by atoms with Gasteiger partial charge in [-0.3, -0.25) is 9.36 Å². The third-order valence-corrected chi connectivity index (χ3v) is 4.36. The Morgan fingerprint density at radius 2 is 1.95 bits per heavy atom. The van der Waals surface area contributed by atoms with Gasteiger partial charge in [0.15, 0.2) is 0 Å². The molecule has 0 amide bonds. The molecule has 6 heteroatoms. The van der Waals surface area contributed by atoms with Gasteiger partial charge in [-0.1, -0.05) is 25.4 Å². The van der Waals surface area contributed by atoms with Crippen molar-refractivity contribution in [1.82, 2.24) is 19.6 Å². The van der Waals surface area contributed by atoms with Crippen LogP contribution in [0.2, 0.25) is 5.15 Å². The quantitative estimate of drug-likeness (QED) is 0.891. The fourth-order valence-corrected chi connectivity index (χ4v) is 2.98. The van der Waals surface area contributed by atoms with Crippen LogP contribution in [0.3, 0.4) is 0 Å². The van der Waals surface area contributed by atoms with Gasteiger partial charge in [0, 0.05) is 25.2 Å². The molecule has 2 aromatic rings. The first-order valence-electron chi connectivity index (χ1n) is 7.38. The molecule has 2 rings (SSSR count). The van der Waals surface area contributed by atoms with Gasteiger partial charge in [0.25, 0.3) is 0 Å². The van der Waals surface area contributed by atoms with Gasteiger partial charge >= 0.3 is 0 Å². The molecule has 0 saturated carbocycles. The SMILES string of the molecule is CCC(CC)n1ccc(CC(O)c2c(C)nn(C)c2Cl)n1. The van der Waals surface area contributed by atoms with E-state index in [0.29, 0.717) is 23.2 Å². The number of aliphatic hydroxyl groups is 1. The molecule has 0 fully saturated rings. The molecule has 0 saturated heterocycles. The first-order chi connectivity index (χ1) is 9.97. The second-order valence-electron chi connectivity index (χ2n) is 5.39. The molecule has 21 heavy (non-hydrogen) atoms. The molecule has 0 aliphatic carbocycles. The van der Waals surface area contributed by atoms with E-state index in [0.717, 1.165) is 24.2 Å². The summed E-state index contributed by atoms with van der Waals surface area (Å²) >= 11 is 6.19. The van der Waals surface area contributed by atoms with Crippen LogP contribution in [0, 0.1) is 6.92 Å². The van der Waals surface area contributed by atoms with Gasteiger partial charge in [0.2, 0.25) is 0 Å². The molecule has 116 valence electrons. The standard InChI is InChI=1S/C15H23ClN4O/c1-5-12(6-2)20-8-7-11(18-20)9-13(21)14-10(3)17-19(4)15(14)16/h7-8,12-13,21H,5-6,9H2,1-4H3. The lowest BCUT2D eigenvalue weighted by atomic mass is 10.1. The van der Waals surface area contributed by atoms with Gasteiger partial charge in [-0.05, 0) is 25.8 Å². The smallest absolute Gasteiger partial charge is 0.132 e. The summed E-state index contributed by atoms with van der Waals surface area (Å²) in [5.41, 5.74) is 2.32. The van der Waals surface area contributed by atoms with Gasteiger partial charge in [-0.25, -0.2) is 0 Å². The Hall–Kier alpha value is -1.33. The zero-order chi connectivity index (χ0) is 15.6. The summed E-state index contributed by atoms with van der Waals surface area (Å²) in [5.74, 6) is 0. The Labute approximate surface area is 130 Å². The van der Waals surface area contributed by atoms with E-state index in [1.165, 1.54) is 0 Å². The van der Waals surface area contributed by atoms with E-state index in [9.17, 15) is 5.11 Å². The predicted molar refractivity (Wildman–Crippen MR) is 83.5 cm³/mol. The van der Waals surface area contributed by atoms with Crippen molar-refractivity contribution in [2.45, 2.75) is 52.2 Å². The molecule has 0 aliphatic heterocycles. The molecule has 0 spiro atoms. The number of aromatic nitrogens is 4. The minimum absolute atomic E-state index is 0.416. The first kappa shape index (κ1) is 16.0. The summed E-state index contributed by atoms with van der Waals surface area (Å²) in [4.78, 5) is 0. The molecule has 2 heterocycles. The highest BCUT2D eigenvalue weighted by atomic mass is 35.5. The number of hydrogen-bond donors (Lipinski definition) is 1. The largest absolute Gasteiger partial charge is 0.388 e. The van der Waals surface area contributed by atoms with Crippen molar-refractivity contribution in [3.63, 3.8) is 0 Å². The minimum atomic E-state index is -0.684. The molecule has 2 aromatic heterocycles. The second-order valence-corrected chi connectivity index (χ2v) is 5.75. The fourth-order valence-electron chi connectivity index (χ4n) is 2.68. The number of nitrogens with zero attached hydrogens (tertiary/aromatic N) is 4. The summed E-state index contributed by atoms with van der Waals surface area (Å²) in [6.45, 7) is 6.17. The number of halogens is 1. The van der Waals surface area contributed by atoms with Crippen LogP contribution in [-0.2, 0) is 13.5 Å². The van der Waals surface area contributed by atoms with Crippen molar-refractivity contribution >= 4 is 11.6 Å². The molecular formula is C15H23ClN4O. The van der Waals surface area contributed by atoms with E-state index in [1.54, 1.807) is 11.7 Å². The van der Waals surface area contributed by atoms with Gasteiger partial charge in [-0.2, -0.15) is 10.2 Å². The number of aliphatic hydroxyl groups excluding tert-OH is 1. The maximum absolute atomic E-state index is 10.4. The van der Waals surface area contributed by atoms with Crippen LogP contribution in [0.25, 0.3) is 0 Å². The van der Waals surface area contributed by atoms with Crippen LogP contribution < -0.4 is 0 Å². The summed E-state index contributed by atoms with van der Waals surface area (Å²) < 4.78 is 3.57. The Bertz CT molecular complexity index is 601. The van der Waals surface area contributed by atoms with Gasteiger partial charge in [0.1, 0.15) is 5.15 Å². The summed E-state index contributed by atoms with van der Waals surface area (Å²) in [6.07, 6.45) is 3.84. The Kier molecular flexibility index (Phi) is 5.06. The zero-order valence-corrected chi connectivity index (χ0v) is 13.8.